The minimum Gasteiger partial charge on any atom is -0.503 e. The van der Waals surface area contributed by atoms with E-state index in [9.17, 15) is 19.8 Å². The Morgan fingerprint density at radius 3 is 2.09 bits per heavy atom. The fourth-order valence-corrected chi connectivity index (χ4v) is 3.73. The van der Waals surface area contributed by atoms with Gasteiger partial charge in [0.15, 0.2) is 11.5 Å². The molecule has 4 rings (SSSR count). The highest BCUT2D eigenvalue weighted by atomic mass is 16.5. The van der Waals surface area contributed by atoms with E-state index in [1.54, 1.807) is 92.9 Å². The maximum absolute atomic E-state index is 13.4. The quantitative estimate of drug-likeness (QED) is 0.300. The molecule has 7 heteroatoms. The van der Waals surface area contributed by atoms with Crippen molar-refractivity contribution < 1.29 is 29.3 Å². The Bertz CT molecular complexity index is 1320. The number of ether oxygens (including phenoxy) is 2. The normalized spacial score (nSPS) is 10.6. The Hall–Kier alpha value is -4.52. The van der Waals surface area contributed by atoms with Crippen LogP contribution in [0.4, 0.5) is 0 Å². The monoisotopic (exact) mass is 457 g/mol. The van der Waals surface area contributed by atoms with Gasteiger partial charge in [0, 0.05) is 11.3 Å². The molecule has 3 aromatic carbocycles. The van der Waals surface area contributed by atoms with Crippen molar-refractivity contribution >= 4 is 11.8 Å². The van der Waals surface area contributed by atoms with Crippen molar-refractivity contribution in [3.8, 4) is 34.3 Å². The second-order valence-corrected chi connectivity index (χ2v) is 7.42. The molecule has 0 atom stereocenters. The first-order valence-corrected chi connectivity index (χ1v) is 10.6. The molecule has 4 aromatic rings. The van der Waals surface area contributed by atoms with Crippen molar-refractivity contribution in [1.82, 2.24) is 4.57 Å². The first-order chi connectivity index (χ1) is 16.5. The first kappa shape index (κ1) is 22.7. The number of carbonyl (C=O) groups excluding carboxylic acids is 2. The number of aromatic hydroxyl groups is 2. The number of methoxy groups -OCH3 is 1. The summed E-state index contributed by atoms with van der Waals surface area (Å²) in [7, 11) is 1.55. The molecule has 0 aliphatic heterocycles. The van der Waals surface area contributed by atoms with Gasteiger partial charge in [0.2, 0.25) is 5.88 Å². The third-order valence-electron chi connectivity index (χ3n) is 5.38. The van der Waals surface area contributed by atoms with Gasteiger partial charge in [0.1, 0.15) is 5.75 Å². The molecule has 0 bridgehead atoms. The van der Waals surface area contributed by atoms with Crippen LogP contribution in [0, 0.1) is 0 Å². The van der Waals surface area contributed by atoms with Gasteiger partial charge in [-0.25, -0.2) is 4.79 Å². The van der Waals surface area contributed by atoms with Gasteiger partial charge in [-0.15, -0.1) is 0 Å². The van der Waals surface area contributed by atoms with E-state index in [-0.39, 0.29) is 12.2 Å². The Morgan fingerprint density at radius 1 is 0.853 bits per heavy atom. The number of benzene rings is 3. The summed E-state index contributed by atoms with van der Waals surface area (Å²) in [6.07, 6.45) is 0. The summed E-state index contributed by atoms with van der Waals surface area (Å²) in [5, 5.41) is 21.8. The number of carbonyl (C=O) groups is 2. The molecule has 172 valence electrons. The smallest absolute Gasteiger partial charge is 0.338 e. The second kappa shape index (κ2) is 9.54. The molecule has 0 spiro atoms. The van der Waals surface area contributed by atoms with E-state index < -0.39 is 23.4 Å². The number of hydrogen-bond donors (Lipinski definition) is 2. The maximum atomic E-state index is 13.4. The maximum Gasteiger partial charge on any atom is 0.338 e. The molecule has 0 radical (unpaired) electrons. The molecule has 2 N–H and O–H groups in total. The number of ketones is 1. The van der Waals surface area contributed by atoms with Crippen molar-refractivity contribution in [1.29, 1.82) is 0 Å². The van der Waals surface area contributed by atoms with Crippen LogP contribution in [-0.2, 0) is 4.74 Å². The largest absolute Gasteiger partial charge is 0.503 e. The average Bonchev–Trinajstić information content (AvgIpc) is 3.14. The summed E-state index contributed by atoms with van der Waals surface area (Å²) < 4.78 is 11.6. The van der Waals surface area contributed by atoms with Crippen LogP contribution in [0.1, 0.15) is 33.2 Å². The zero-order valence-corrected chi connectivity index (χ0v) is 18.7. The van der Waals surface area contributed by atoms with Gasteiger partial charge in [-0.1, -0.05) is 30.3 Å². The van der Waals surface area contributed by atoms with E-state index in [1.807, 2.05) is 0 Å². The molecule has 0 fully saturated rings. The van der Waals surface area contributed by atoms with Crippen molar-refractivity contribution in [2.24, 2.45) is 0 Å². The highest BCUT2D eigenvalue weighted by Crippen LogP contribution is 2.44. The summed E-state index contributed by atoms with van der Waals surface area (Å²) in [4.78, 5) is 25.5. The van der Waals surface area contributed by atoms with E-state index in [1.165, 1.54) is 4.57 Å². The highest BCUT2D eigenvalue weighted by Gasteiger charge is 2.30. The Balaban J connectivity index is 1.92. The van der Waals surface area contributed by atoms with Gasteiger partial charge < -0.3 is 19.7 Å². The summed E-state index contributed by atoms with van der Waals surface area (Å²) in [6.45, 7) is 1.97. The Morgan fingerprint density at radius 2 is 1.50 bits per heavy atom. The van der Waals surface area contributed by atoms with E-state index in [2.05, 4.69) is 0 Å². The fourth-order valence-electron chi connectivity index (χ4n) is 3.73. The summed E-state index contributed by atoms with van der Waals surface area (Å²) in [6, 6.07) is 21.8. The van der Waals surface area contributed by atoms with Gasteiger partial charge in [-0.05, 0) is 61.0 Å². The molecule has 0 aliphatic carbocycles. The van der Waals surface area contributed by atoms with Crippen LogP contribution in [0.25, 0.3) is 16.9 Å². The SMILES string of the molecule is CCOC(=O)c1ccc(-n2c(O)c(O)c(C(=O)c3ccccc3)c2-c2ccc(OC)cc2)cc1. The number of nitrogens with zero attached hydrogens (tertiary/aromatic N) is 1. The lowest BCUT2D eigenvalue weighted by Gasteiger charge is -2.13. The molecule has 34 heavy (non-hydrogen) atoms. The highest BCUT2D eigenvalue weighted by molar-refractivity contribution is 6.15. The van der Waals surface area contributed by atoms with Crippen LogP contribution < -0.4 is 4.74 Å². The lowest BCUT2D eigenvalue weighted by molar-refractivity contribution is 0.0526. The van der Waals surface area contributed by atoms with Gasteiger partial charge in [-0.2, -0.15) is 0 Å². The molecule has 1 heterocycles. The number of esters is 1. The van der Waals surface area contributed by atoms with Crippen molar-refractivity contribution in [3.05, 3.63) is 95.6 Å². The lowest BCUT2D eigenvalue weighted by Crippen LogP contribution is -2.06. The lowest BCUT2D eigenvalue weighted by atomic mass is 9.99. The zero-order valence-electron chi connectivity index (χ0n) is 18.7. The summed E-state index contributed by atoms with van der Waals surface area (Å²) in [5.41, 5.74) is 1.98. The second-order valence-electron chi connectivity index (χ2n) is 7.42. The minimum atomic E-state index is -0.533. The summed E-state index contributed by atoms with van der Waals surface area (Å²) >= 11 is 0. The minimum absolute atomic E-state index is 0.0386. The predicted octanol–water partition coefficient (Wildman–Crippen LogP) is 4.97. The van der Waals surface area contributed by atoms with Crippen LogP contribution in [0.3, 0.4) is 0 Å². The van der Waals surface area contributed by atoms with Gasteiger partial charge in [0.25, 0.3) is 0 Å². The van der Waals surface area contributed by atoms with Crippen molar-refractivity contribution in [2.45, 2.75) is 6.92 Å². The van der Waals surface area contributed by atoms with Gasteiger partial charge in [-0.3, -0.25) is 9.36 Å². The molecular formula is C27H23NO6. The van der Waals surface area contributed by atoms with Crippen LogP contribution in [0.2, 0.25) is 0 Å². The molecular weight excluding hydrogens is 434 g/mol. The van der Waals surface area contributed by atoms with E-state index >= 15 is 0 Å². The van der Waals surface area contributed by atoms with Crippen LogP contribution >= 0.6 is 0 Å². The van der Waals surface area contributed by atoms with Crippen LogP contribution in [0.5, 0.6) is 17.4 Å². The van der Waals surface area contributed by atoms with Gasteiger partial charge >= 0.3 is 5.97 Å². The van der Waals surface area contributed by atoms with Crippen molar-refractivity contribution in [3.63, 3.8) is 0 Å². The molecule has 0 saturated carbocycles. The van der Waals surface area contributed by atoms with E-state index in [0.717, 1.165) is 0 Å². The van der Waals surface area contributed by atoms with E-state index in [0.29, 0.717) is 33.8 Å². The molecule has 0 amide bonds. The summed E-state index contributed by atoms with van der Waals surface area (Å²) in [5.74, 6) is -1.32. The van der Waals surface area contributed by atoms with Gasteiger partial charge in [0.05, 0.1) is 30.5 Å². The zero-order chi connectivity index (χ0) is 24.2. The van der Waals surface area contributed by atoms with Crippen LogP contribution in [0.15, 0.2) is 78.9 Å². The molecule has 7 nitrogen and oxygen atoms in total. The van der Waals surface area contributed by atoms with E-state index in [4.69, 9.17) is 9.47 Å². The number of hydrogen-bond acceptors (Lipinski definition) is 6. The third kappa shape index (κ3) is 4.11. The molecule has 0 saturated heterocycles. The molecule has 0 unspecified atom stereocenters. The first-order valence-electron chi connectivity index (χ1n) is 10.6. The Kier molecular flexibility index (Phi) is 6.36. The van der Waals surface area contributed by atoms with Crippen molar-refractivity contribution in [2.75, 3.05) is 13.7 Å². The topological polar surface area (TPSA) is 98.0 Å². The standard InChI is InChI=1S/C27H23NO6/c1-3-34-27(32)19-9-13-20(14-10-19)28-23(17-11-15-21(33-2)16-12-17)22(25(30)26(28)31)24(29)18-7-5-4-6-8-18/h4-16,30-31H,3H2,1-2H3. The predicted molar refractivity (Wildman–Crippen MR) is 127 cm³/mol. The fraction of sp³-hybridized carbons (Fsp3) is 0.111. The third-order valence-corrected chi connectivity index (χ3v) is 5.38. The molecule has 1 aromatic heterocycles. The average molecular weight is 457 g/mol. The van der Waals surface area contributed by atoms with Crippen LogP contribution in [-0.4, -0.2) is 40.2 Å². The Labute approximate surface area is 196 Å². The molecule has 0 aliphatic rings. The number of rotatable bonds is 7. The number of aromatic nitrogens is 1.